The summed E-state index contributed by atoms with van der Waals surface area (Å²) in [6.07, 6.45) is 106. The van der Waals surface area contributed by atoms with E-state index in [1.165, 1.54) is 50.7 Å². The molecular formula is C94H104F2N2Si. The maximum absolute atomic E-state index is 15.7. The van der Waals surface area contributed by atoms with Gasteiger partial charge in [-0.1, -0.05) is 240 Å². The average molecular weight is 1330 g/mol. The molecule has 16 aliphatic carbocycles. The van der Waals surface area contributed by atoms with Crippen molar-refractivity contribution in [3.63, 3.8) is 0 Å². The Kier molecular flexibility index (Phi) is 17.2. The number of fused-ring (bicyclic) bond motifs is 7. The molecule has 17 rings (SSSR count). The van der Waals surface area contributed by atoms with Crippen molar-refractivity contribution >= 4 is 8.07 Å². The van der Waals surface area contributed by atoms with Crippen LogP contribution in [-0.4, -0.2) is 30.0 Å². The fourth-order valence-electron chi connectivity index (χ4n) is 24.1. The summed E-state index contributed by atoms with van der Waals surface area (Å²) in [5.41, 5.74) is 17.8. The first-order chi connectivity index (χ1) is 48.4. The molecule has 17 aliphatic rings. The fourth-order valence-corrected chi connectivity index (χ4v) is 30.9. The third-order valence-electron chi connectivity index (χ3n) is 28.3. The molecule has 0 spiro atoms. The highest BCUT2D eigenvalue weighted by molar-refractivity contribution is 6.97. The van der Waals surface area contributed by atoms with Crippen LogP contribution in [0.5, 0.6) is 0 Å². The van der Waals surface area contributed by atoms with Crippen molar-refractivity contribution in [3.8, 4) is 0 Å². The second-order valence-electron chi connectivity index (χ2n) is 32.9. The first kappa shape index (κ1) is 65.0. The lowest BCUT2D eigenvalue weighted by atomic mass is 9.49. The maximum atomic E-state index is 15.7. The Balaban J connectivity index is 0.822. The number of nitrogens with zero attached hydrogens (tertiary/aromatic N) is 2. The van der Waals surface area contributed by atoms with Gasteiger partial charge in [0.1, 0.15) is 13.9 Å². The smallest absolute Gasteiger partial charge is 0.128 e. The summed E-state index contributed by atoms with van der Waals surface area (Å²) in [7, 11) is -2.64. The van der Waals surface area contributed by atoms with Crippen molar-refractivity contribution < 1.29 is 8.78 Å². The fraction of sp³-hybridized carbons (Fsp3) is 0.426. The number of halogens is 2. The lowest BCUT2D eigenvalue weighted by Crippen LogP contribution is -2.49. The zero-order valence-corrected chi connectivity index (χ0v) is 60.3. The van der Waals surface area contributed by atoms with Crippen LogP contribution in [0.3, 0.4) is 0 Å². The molecule has 1 heterocycles. The van der Waals surface area contributed by atoms with Crippen LogP contribution < -0.4 is 0 Å². The zero-order valence-electron chi connectivity index (χ0n) is 59.3. The van der Waals surface area contributed by atoms with Crippen LogP contribution in [0, 0.1) is 81.8 Å². The van der Waals surface area contributed by atoms with E-state index in [1.807, 2.05) is 12.2 Å². The minimum Gasteiger partial charge on any atom is -0.341 e. The minimum absolute atomic E-state index is 0.0248. The molecular weight excluding hydrogens is 1220 g/mol. The van der Waals surface area contributed by atoms with E-state index in [9.17, 15) is 0 Å². The molecule has 19 unspecified atom stereocenters. The van der Waals surface area contributed by atoms with Gasteiger partial charge in [-0.3, -0.25) is 0 Å². The van der Waals surface area contributed by atoms with Gasteiger partial charge >= 0.3 is 0 Å². The summed E-state index contributed by atoms with van der Waals surface area (Å²) < 4.78 is 31.5. The molecule has 99 heavy (non-hydrogen) atoms. The number of allylic oxidation sites excluding steroid dienone is 47. The first-order valence-electron chi connectivity index (χ1n) is 38.8. The van der Waals surface area contributed by atoms with Crippen LogP contribution >= 0.6 is 0 Å². The van der Waals surface area contributed by atoms with Crippen LogP contribution in [-0.2, 0) is 0 Å². The van der Waals surface area contributed by atoms with E-state index in [4.69, 9.17) is 0 Å². The van der Waals surface area contributed by atoms with E-state index in [0.717, 1.165) is 89.9 Å². The lowest BCUT2D eigenvalue weighted by Gasteiger charge is -2.54. The Labute approximate surface area is 592 Å². The van der Waals surface area contributed by atoms with E-state index < -0.39 is 8.07 Å². The molecule has 0 amide bonds. The van der Waals surface area contributed by atoms with Gasteiger partial charge in [0.2, 0.25) is 0 Å². The van der Waals surface area contributed by atoms with Crippen LogP contribution in [0.25, 0.3) is 0 Å². The van der Waals surface area contributed by atoms with Crippen molar-refractivity contribution in [1.29, 1.82) is 0 Å². The van der Waals surface area contributed by atoms with E-state index in [2.05, 4.69) is 251 Å². The molecule has 0 saturated heterocycles. The van der Waals surface area contributed by atoms with Crippen molar-refractivity contribution in [2.45, 2.75) is 166 Å². The molecule has 0 aromatic rings. The Morgan fingerprint density at radius 2 is 1.40 bits per heavy atom. The Hall–Kier alpha value is -7.34. The zero-order chi connectivity index (χ0) is 67.3. The lowest BCUT2D eigenvalue weighted by molar-refractivity contribution is -0.00653. The second-order valence-corrected chi connectivity index (χ2v) is 37.2. The Morgan fingerprint density at radius 3 is 2.17 bits per heavy atom. The summed E-state index contributed by atoms with van der Waals surface area (Å²) in [5, 5.41) is 3.37. The first-order valence-corrected chi connectivity index (χ1v) is 41.0. The van der Waals surface area contributed by atoms with Gasteiger partial charge in [-0.15, -0.1) is 6.58 Å². The standard InChI is InChI=1S/C94H104F2N2Si/c1-7-65-31-35-67(36-32-65)93(87-55-61(3)27-29-63(87)5)85-25-17-15-23-79(85)81-51-47-75(59-89(81)93)97(71-43-39-69(95)40-44-71)73-49-53-91-83(57-73)84-58-74(50-54-92(84)99(91,77-19-11-9-12-20-77)78-21-13-10-14-22-78)98(72-45-41-70(96)42-46-72)76-48-52-82-80-24-16-18-26-86(80)94(90(82)60-76,68-37-33-66(8-2)34-38-68)88-56-62(4)28-30-64(88)6/h7-9,11-13,15-19,21-29,33-35,37,39,41,43,47-48,50-52,54,57-58,60,64-65,68,72,75,77,79-80,82,84-88,90,92H,1-2,10,14,20,30-32,36,38,40,42,44-46,49,53,55-56,59H2,3-6H3. The summed E-state index contributed by atoms with van der Waals surface area (Å²) in [4.78, 5) is 5.54. The van der Waals surface area contributed by atoms with Gasteiger partial charge < -0.3 is 9.80 Å². The van der Waals surface area contributed by atoms with Gasteiger partial charge in [0, 0.05) is 64.8 Å². The van der Waals surface area contributed by atoms with Crippen molar-refractivity contribution in [3.05, 3.63) is 321 Å². The van der Waals surface area contributed by atoms with Crippen LogP contribution in [0.1, 0.15) is 143 Å². The molecule has 0 radical (unpaired) electrons. The monoisotopic (exact) mass is 1330 g/mol. The Bertz CT molecular complexity index is 4240. The van der Waals surface area contributed by atoms with E-state index in [-0.39, 0.29) is 46.4 Å². The van der Waals surface area contributed by atoms with Gasteiger partial charge in [0.15, 0.2) is 0 Å². The molecule has 0 aromatic heterocycles. The molecule has 1 saturated carbocycles. The second kappa shape index (κ2) is 26.2. The third-order valence-corrected chi connectivity index (χ3v) is 34.4. The highest BCUT2D eigenvalue weighted by atomic mass is 28.3. The summed E-state index contributed by atoms with van der Waals surface area (Å²) in [5.74, 6) is 4.47. The largest absolute Gasteiger partial charge is 0.341 e. The molecule has 0 aromatic carbocycles. The Morgan fingerprint density at radius 1 is 0.576 bits per heavy atom. The normalized spacial score (nSPS) is 39.7. The molecule has 5 heteroatoms. The molecule has 2 nitrogen and oxygen atoms in total. The SMILES string of the molecule is C=CC1=CCC(C2(C3CC(C)=CCC3C)C3C=CC=CC3C3C=CC(N(C4=CC5C6=C(CCC(N(C7=CC=C(F)CC7)C7C=CC8=C(C7)C(C7=CCC(C=C)CC7)(C7CC(C)=CC=C7C)C7C=CC=CC87)=C6)[Si](C6=CCCC=C6)(C6C=CC=CC6)C5C=C4)C4CC=C(F)CC4)=CC32)C=C1. The number of rotatable bonds is 14. The van der Waals surface area contributed by atoms with E-state index in [1.54, 1.807) is 33.2 Å². The molecule has 0 N–H and O–H groups in total. The quantitative estimate of drug-likeness (QED) is 0.126. The topological polar surface area (TPSA) is 6.48 Å². The third kappa shape index (κ3) is 10.5. The number of hydrogen-bond acceptors (Lipinski definition) is 2. The molecule has 1 aliphatic heterocycles. The van der Waals surface area contributed by atoms with Crippen LogP contribution in [0.4, 0.5) is 8.78 Å². The predicted octanol–water partition coefficient (Wildman–Crippen LogP) is 24.2. The van der Waals surface area contributed by atoms with Crippen molar-refractivity contribution in [2.75, 3.05) is 0 Å². The average Bonchev–Trinajstić information content (AvgIpc) is 1.56. The summed E-state index contributed by atoms with van der Waals surface area (Å²) in [6.45, 7) is 18.3. The predicted molar refractivity (Wildman–Crippen MR) is 411 cm³/mol. The molecule has 0 bridgehead atoms. The molecule has 1 fully saturated rings. The van der Waals surface area contributed by atoms with Gasteiger partial charge in [-0.25, -0.2) is 8.78 Å². The van der Waals surface area contributed by atoms with Crippen molar-refractivity contribution in [2.24, 2.45) is 81.8 Å². The highest BCUT2D eigenvalue weighted by Gasteiger charge is 2.66. The molecule has 508 valence electrons. The van der Waals surface area contributed by atoms with Crippen molar-refractivity contribution in [1.82, 2.24) is 9.80 Å². The summed E-state index contributed by atoms with van der Waals surface area (Å²) in [6, 6.07) is 0.144. The minimum atomic E-state index is -2.64. The summed E-state index contributed by atoms with van der Waals surface area (Å²) >= 11 is 0. The van der Waals surface area contributed by atoms with Gasteiger partial charge in [-0.05, 0) is 240 Å². The van der Waals surface area contributed by atoms with Crippen LogP contribution in [0.15, 0.2) is 321 Å². The maximum Gasteiger partial charge on any atom is 0.128 e. The molecule has 19 atom stereocenters. The van der Waals surface area contributed by atoms with Gasteiger partial charge in [0.05, 0.1) is 11.9 Å². The van der Waals surface area contributed by atoms with E-state index in [0.29, 0.717) is 95.9 Å². The van der Waals surface area contributed by atoms with Gasteiger partial charge in [0.25, 0.3) is 0 Å². The highest BCUT2D eigenvalue weighted by Crippen LogP contribution is 2.71. The van der Waals surface area contributed by atoms with Gasteiger partial charge in [-0.2, -0.15) is 0 Å². The number of hydrogen-bond donors (Lipinski definition) is 0. The van der Waals surface area contributed by atoms with Crippen LogP contribution in [0.2, 0.25) is 11.1 Å². The van der Waals surface area contributed by atoms with E-state index >= 15 is 8.78 Å².